The van der Waals surface area contributed by atoms with E-state index in [9.17, 15) is 0 Å². The van der Waals surface area contributed by atoms with Crippen LogP contribution in [0.3, 0.4) is 0 Å². The molecule has 0 aliphatic carbocycles. The normalized spacial score (nSPS) is 19.9. The predicted molar refractivity (Wildman–Crippen MR) is 74.1 cm³/mol. The highest BCUT2D eigenvalue weighted by molar-refractivity contribution is 5.31. The summed E-state index contributed by atoms with van der Waals surface area (Å²) in [7, 11) is 0. The molecule has 0 saturated heterocycles. The average molecular weight is 229 g/mol. The molecule has 0 spiro atoms. The van der Waals surface area contributed by atoms with Crippen molar-refractivity contribution < 1.29 is 0 Å². The maximum atomic E-state index is 3.99. The molecule has 17 heavy (non-hydrogen) atoms. The summed E-state index contributed by atoms with van der Waals surface area (Å²) in [6.45, 7) is 8.56. The Morgan fingerprint density at radius 2 is 2.06 bits per heavy atom. The van der Waals surface area contributed by atoms with E-state index in [1.54, 1.807) is 0 Å². The Balaban J connectivity index is 2.04. The van der Waals surface area contributed by atoms with E-state index in [-0.39, 0.29) is 0 Å². The van der Waals surface area contributed by atoms with E-state index in [0.717, 1.165) is 13.0 Å². The number of benzene rings is 1. The molecule has 0 aromatic heterocycles. The molecule has 0 radical (unpaired) electrons. The molecule has 2 rings (SSSR count). The van der Waals surface area contributed by atoms with Gasteiger partial charge in [-0.05, 0) is 30.5 Å². The van der Waals surface area contributed by atoms with Crippen LogP contribution in [-0.2, 0) is 13.0 Å². The standard InChI is InChI=1S/C16H23N/c1-3-5-8-11-17-13-15-10-7-6-9-14(15)12-16(17)4-2/h4,6-7,9-10,16H,2-3,5,8,11-13H2,1H3. The number of fused-ring (bicyclic) bond motifs is 1. The summed E-state index contributed by atoms with van der Waals surface area (Å²) in [5.74, 6) is 0. The van der Waals surface area contributed by atoms with Crippen LogP contribution in [-0.4, -0.2) is 17.5 Å². The second kappa shape index (κ2) is 6.02. The Labute approximate surface area is 105 Å². The topological polar surface area (TPSA) is 3.24 Å². The molecule has 0 bridgehead atoms. The summed E-state index contributed by atoms with van der Waals surface area (Å²) >= 11 is 0. The fraction of sp³-hybridized carbons (Fsp3) is 0.500. The van der Waals surface area contributed by atoms with Gasteiger partial charge in [0.15, 0.2) is 0 Å². The lowest BCUT2D eigenvalue weighted by molar-refractivity contribution is 0.200. The Kier molecular flexibility index (Phi) is 4.38. The number of unbranched alkanes of at least 4 members (excludes halogenated alkanes) is 2. The molecule has 1 heteroatoms. The molecule has 1 atom stereocenters. The third-order valence-electron chi connectivity index (χ3n) is 3.71. The maximum absolute atomic E-state index is 3.99. The van der Waals surface area contributed by atoms with Crippen LogP contribution in [0.25, 0.3) is 0 Å². The van der Waals surface area contributed by atoms with Crippen LogP contribution in [0, 0.1) is 0 Å². The van der Waals surface area contributed by atoms with Crippen LogP contribution in [0.2, 0.25) is 0 Å². The Bertz CT molecular complexity index is 370. The molecule has 1 nitrogen and oxygen atoms in total. The monoisotopic (exact) mass is 229 g/mol. The van der Waals surface area contributed by atoms with Crippen LogP contribution >= 0.6 is 0 Å². The van der Waals surface area contributed by atoms with Gasteiger partial charge >= 0.3 is 0 Å². The van der Waals surface area contributed by atoms with Gasteiger partial charge in [-0.25, -0.2) is 0 Å². The summed E-state index contributed by atoms with van der Waals surface area (Å²) in [4.78, 5) is 2.57. The van der Waals surface area contributed by atoms with Crippen molar-refractivity contribution in [3.8, 4) is 0 Å². The summed E-state index contributed by atoms with van der Waals surface area (Å²) in [5, 5.41) is 0. The first-order chi connectivity index (χ1) is 8.35. The molecule has 0 fully saturated rings. The lowest BCUT2D eigenvalue weighted by atomic mass is 9.94. The lowest BCUT2D eigenvalue weighted by Gasteiger charge is -2.35. The van der Waals surface area contributed by atoms with Crippen molar-refractivity contribution in [2.24, 2.45) is 0 Å². The number of hydrogen-bond acceptors (Lipinski definition) is 1. The minimum absolute atomic E-state index is 0.529. The Hall–Kier alpha value is -1.08. The third kappa shape index (κ3) is 2.98. The van der Waals surface area contributed by atoms with Gasteiger partial charge < -0.3 is 0 Å². The molecule has 0 saturated carbocycles. The van der Waals surface area contributed by atoms with Crippen molar-refractivity contribution >= 4 is 0 Å². The van der Waals surface area contributed by atoms with Crippen LogP contribution < -0.4 is 0 Å². The van der Waals surface area contributed by atoms with E-state index in [2.05, 4.69) is 48.7 Å². The highest BCUT2D eigenvalue weighted by atomic mass is 15.2. The molecule has 1 aliphatic heterocycles. The molecule has 1 aliphatic rings. The predicted octanol–water partition coefficient (Wildman–Crippen LogP) is 3.79. The summed E-state index contributed by atoms with van der Waals surface area (Å²) in [5.41, 5.74) is 3.01. The second-order valence-corrected chi connectivity index (χ2v) is 4.95. The van der Waals surface area contributed by atoms with E-state index < -0.39 is 0 Å². The number of rotatable bonds is 5. The fourth-order valence-electron chi connectivity index (χ4n) is 2.64. The van der Waals surface area contributed by atoms with Gasteiger partial charge in [0, 0.05) is 12.6 Å². The van der Waals surface area contributed by atoms with Gasteiger partial charge in [0.1, 0.15) is 0 Å². The quantitative estimate of drug-likeness (QED) is 0.548. The van der Waals surface area contributed by atoms with Gasteiger partial charge in [0.25, 0.3) is 0 Å². The molecule has 92 valence electrons. The summed E-state index contributed by atoms with van der Waals surface area (Å²) in [6.07, 6.45) is 7.18. The van der Waals surface area contributed by atoms with E-state index in [1.807, 2.05) is 0 Å². The summed E-state index contributed by atoms with van der Waals surface area (Å²) in [6, 6.07) is 9.35. The summed E-state index contributed by atoms with van der Waals surface area (Å²) < 4.78 is 0. The van der Waals surface area contributed by atoms with Crippen LogP contribution in [0.5, 0.6) is 0 Å². The first-order valence-electron chi connectivity index (χ1n) is 6.78. The van der Waals surface area contributed by atoms with Crippen molar-refractivity contribution in [3.63, 3.8) is 0 Å². The van der Waals surface area contributed by atoms with E-state index in [4.69, 9.17) is 0 Å². The zero-order valence-electron chi connectivity index (χ0n) is 10.9. The van der Waals surface area contributed by atoms with Crippen molar-refractivity contribution in [1.82, 2.24) is 4.90 Å². The van der Waals surface area contributed by atoms with Gasteiger partial charge in [0.05, 0.1) is 0 Å². The van der Waals surface area contributed by atoms with Crippen LogP contribution in [0.1, 0.15) is 37.3 Å². The van der Waals surface area contributed by atoms with Crippen molar-refractivity contribution in [3.05, 3.63) is 48.0 Å². The van der Waals surface area contributed by atoms with Gasteiger partial charge in [-0.1, -0.05) is 50.1 Å². The van der Waals surface area contributed by atoms with Gasteiger partial charge in [0.2, 0.25) is 0 Å². The molecule has 0 N–H and O–H groups in total. The van der Waals surface area contributed by atoms with Gasteiger partial charge in [-0.2, -0.15) is 0 Å². The third-order valence-corrected chi connectivity index (χ3v) is 3.71. The molecular formula is C16H23N. The molecule has 1 heterocycles. The van der Waals surface area contributed by atoms with Gasteiger partial charge in [-0.15, -0.1) is 6.58 Å². The minimum Gasteiger partial charge on any atom is -0.292 e. The maximum Gasteiger partial charge on any atom is 0.0319 e. The first kappa shape index (κ1) is 12.4. The lowest BCUT2D eigenvalue weighted by Crippen LogP contribution is -2.39. The van der Waals surface area contributed by atoms with Crippen LogP contribution in [0.15, 0.2) is 36.9 Å². The molecule has 0 amide bonds. The number of hydrogen-bond donors (Lipinski definition) is 0. The first-order valence-corrected chi connectivity index (χ1v) is 6.78. The Morgan fingerprint density at radius 1 is 1.29 bits per heavy atom. The van der Waals surface area contributed by atoms with E-state index >= 15 is 0 Å². The molecular weight excluding hydrogens is 206 g/mol. The smallest absolute Gasteiger partial charge is 0.0319 e. The van der Waals surface area contributed by atoms with E-state index in [1.165, 1.54) is 36.9 Å². The minimum atomic E-state index is 0.529. The average Bonchev–Trinajstić information content (AvgIpc) is 2.38. The molecule has 1 unspecified atom stereocenters. The van der Waals surface area contributed by atoms with Crippen molar-refractivity contribution in [2.45, 2.75) is 45.2 Å². The van der Waals surface area contributed by atoms with Gasteiger partial charge in [-0.3, -0.25) is 4.90 Å². The number of nitrogens with zero attached hydrogens (tertiary/aromatic N) is 1. The van der Waals surface area contributed by atoms with Crippen molar-refractivity contribution in [1.29, 1.82) is 0 Å². The Morgan fingerprint density at radius 3 is 2.76 bits per heavy atom. The fourth-order valence-corrected chi connectivity index (χ4v) is 2.64. The highest BCUT2D eigenvalue weighted by Gasteiger charge is 2.22. The largest absolute Gasteiger partial charge is 0.292 e. The van der Waals surface area contributed by atoms with Crippen molar-refractivity contribution in [2.75, 3.05) is 6.54 Å². The second-order valence-electron chi connectivity index (χ2n) is 4.95. The van der Waals surface area contributed by atoms with Crippen LogP contribution in [0.4, 0.5) is 0 Å². The zero-order chi connectivity index (χ0) is 12.1. The SMILES string of the molecule is C=CC1Cc2ccccc2CN1CCCCC. The molecule has 1 aromatic rings. The van der Waals surface area contributed by atoms with E-state index in [0.29, 0.717) is 6.04 Å². The highest BCUT2D eigenvalue weighted by Crippen LogP contribution is 2.24. The zero-order valence-corrected chi connectivity index (χ0v) is 10.9. The molecule has 1 aromatic carbocycles.